The molecule has 0 radical (unpaired) electrons. The van der Waals surface area contributed by atoms with Crippen LogP contribution >= 0.6 is 11.8 Å². The summed E-state index contributed by atoms with van der Waals surface area (Å²) < 4.78 is 31.1. The molecule has 1 heterocycles. The molecular formula is C13H15F2N3O2S. The number of halogens is 2. The quantitative estimate of drug-likeness (QED) is 0.801. The minimum Gasteiger partial charge on any atom is -0.383 e. The van der Waals surface area contributed by atoms with Crippen molar-refractivity contribution in [3.05, 3.63) is 23.8 Å². The number of ether oxygens (including phenoxy) is 1. The third kappa shape index (κ3) is 4.15. The fourth-order valence-electron chi connectivity index (χ4n) is 1.79. The monoisotopic (exact) mass is 315 g/mol. The smallest absolute Gasteiger partial charge is 0.230 e. The van der Waals surface area contributed by atoms with Crippen molar-refractivity contribution in [1.29, 1.82) is 0 Å². The van der Waals surface area contributed by atoms with E-state index >= 15 is 0 Å². The first-order valence-corrected chi connectivity index (χ1v) is 7.24. The summed E-state index contributed by atoms with van der Waals surface area (Å²) in [6, 6.07) is 1.98. The number of nitrogens with zero attached hydrogens (tertiary/aromatic N) is 1. The first-order valence-electron chi connectivity index (χ1n) is 6.25. The summed E-state index contributed by atoms with van der Waals surface area (Å²) >= 11 is 1.16. The van der Waals surface area contributed by atoms with Crippen LogP contribution in [0.3, 0.4) is 0 Å². The van der Waals surface area contributed by atoms with E-state index in [1.807, 2.05) is 6.92 Å². The average Bonchev–Trinajstić information content (AvgIpc) is 2.79. The highest BCUT2D eigenvalue weighted by Crippen LogP contribution is 2.21. The maximum absolute atomic E-state index is 13.1. The first kappa shape index (κ1) is 15.7. The summed E-state index contributed by atoms with van der Waals surface area (Å²) in [5.41, 5.74) is 0.717. The number of aromatic amines is 1. The average molecular weight is 315 g/mol. The zero-order valence-corrected chi connectivity index (χ0v) is 12.4. The van der Waals surface area contributed by atoms with Crippen molar-refractivity contribution < 1.29 is 18.3 Å². The van der Waals surface area contributed by atoms with E-state index < -0.39 is 11.6 Å². The number of carbonyl (C=O) groups is 1. The van der Waals surface area contributed by atoms with E-state index in [1.165, 1.54) is 0 Å². The molecule has 2 N–H and O–H groups in total. The minimum atomic E-state index is -0.948. The van der Waals surface area contributed by atoms with Crippen molar-refractivity contribution in [1.82, 2.24) is 15.3 Å². The second-order valence-electron chi connectivity index (χ2n) is 4.54. The van der Waals surface area contributed by atoms with Gasteiger partial charge in [0, 0.05) is 25.3 Å². The zero-order chi connectivity index (χ0) is 15.4. The van der Waals surface area contributed by atoms with E-state index in [4.69, 9.17) is 4.74 Å². The van der Waals surface area contributed by atoms with Gasteiger partial charge in [-0.25, -0.2) is 13.8 Å². The van der Waals surface area contributed by atoms with Crippen LogP contribution < -0.4 is 5.32 Å². The van der Waals surface area contributed by atoms with Gasteiger partial charge in [-0.15, -0.1) is 0 Å². The number of nitrogens with one attached hydrogen (secondary N) is 2. The predicted octanol–water partition coefficient (Wildman–Crippen LogP) is 2.08. The largest absolute Gasteiger partial charge is 0.383 e. The topological polar surface area (TPSA) is 67.0 Å². The molecule has 0 spiro atoms. The molecule has 0 saturated heterocycles. The summed E-state index contributed by atoms with van der Waals surface area (Å²) in [5, 5.41) is 3.19. The molecule has 0 aliphatic heterocycles. The fourth-order valence-corrected chi connectivity index (χ4v) is 2.49. The Bertz CT molecular complexity index is 609. The number of benzene rings is 1. The van der Waals surface area contributed by atoms with Crippen LogP contribution in [0.4, 0.5) is 8.78 Å². The van der Waals surface area contributed by atoms with Crippen molar-refractivity contribution in [2.24, 2.45) is 0 Å². The van der Waals surface area contributed by atoms with Crippen LogP contribution in [-0.4, -0.2) is 41.4 Å². The lowest BCUT2D eigenvalue weighted by atomic mass is 10.3. The molecule has 0 saturated carbocycles. The number of fused-ring (bicyclic) bond motifs is 1. The summed E-state index contributed by atoms with van der Waals surface area (Å²) in [6.07, 6.45) is 0. The molecule has 0 aliphatic rings. The lowest BCUT2D eigenvalue weighted by Crippen LogP contribution is -2.36. The van der Waals surface area contributed by atoms with E-state index in [9.17, 15) is 13.6 Å². The highest BCUT2D eigenvalue weighted by atomic mass is 32.2. The van der Waals surface area contributed by atoms with Crippen LogP contribution in [0.1, 0.15) is 6.92 Å². The number of methoxy groups -OCH3 is 1. The Labute approximate surface area is 124 Å². The molecular weight excluding hydrogens is 300 g/mol. The van der Waals surface area contributed by atoms with Crippen molar-refractivity contribution >= 4 is 28.7 Å². The lowest BCUT2D eigenvalue weighted by molar-refractivity contribution is -0.119. The van der Waals surface area contributed by atoms with Crippen LogP contribution in [0.2, 0.25) is 0 Å². The maximum Gasteiger partial charge on any atom is 0.230 e. The van der Waals surface area contributed by atoms with Gasteiger partial charge in [-0.1, -0.05) is 11.8 Å². The molecule has 1 amide bonds. The van der Waals surface area contributed by atoms with Crippen LogP contribution in [0.5, 0.6) is 0 Å². The molecule has 8 heteroatoms. The van der Waals surface area contributed by atoms with Gasteiger partial charge in [-0.2, -0.15) is 0 Å². The Morgan fingerprint density at radius 2 is 2.19 bits per heavy atom. The second-order valence-corrected chi connectivity index (χ2v) is 5.50. The van der Waals surface area contributed by atoms with E-state index in [1.54, 1.807) is 7.11 Å². The predicted molar refractivity (Wildman–Crippen MR) is 76.2 cm³/mol. The van der Waals surface area contributed by atoms with Gasteiger partial charge in [0.05, 0.1) is 23.4 Å². The molecule has 1 aromatic heterocycles. The first-order chi connectivity index (χ1) is 9.99. The van der Waals surface area contributed by atoms with Crippen molar-refractivity contribution in [3.63, 3.8) is 0 Å². The second kappa shape index (κ2) is 6.86. The molecule has 114 valence electrons. The SMILES string of the molecule is COCC(C)NC(=O)CSc1nc2cc(F)c(F)cc2[nH]1. The Balaban J connectivity index is 1.96. The fraction of sp³-hybridized carbons (Fsp3) is 0.385. The van der Waals surface area contributed by atoms with Gasteiger partial charge in [0.25, 0.3) is 0 Å². The normalized spacial score (nSPS) is 12.6. The standard InChI is InChI=1S/C13H15F2N3O2S/c1-7(5-20-2)16-12(19)6-21-13-17-10-3-8(14)9(15)4-11(10)18-13/h3-4,7H,5-6H2,1-2H3,(H,16,19)(H,17,18). The molecule has 2 aromatic rings. The molecule has 1 atom stereocenters. The Morgan fingerprint density at radius 1 is 1.48 bits per heavy atom. The Hall–Kier alpha value is -1.67. The number of rotatable bonds is 6. The van der Waals surface area contributed by atoms with Gasteiger partial charge in [0.2, 0.25) is 5.91 Å². The van der Waals surface area contributed by atoms with Crippen LogP contribution in [0.25, 0.3) is 11.0 Å². The third-order valence-electron chi connectivity index (χ3n) is 2.67. The zero-order valence-electron chi connectivity index (χ0n) is 11.6. The lowest BCUT2D eigenvalue weighted by Gasteiger charge is -2.11. The Kier molecular flexibility index (Phi) is 5.13. The van der Waals surface area contributed by atoms with Crippen LogP contribution in [-0.2, 0) is 9.53 Å². The third-order valence-corrected chi connectivity index (χ3v) is 3.54. The van der Waals surface area contributed by atoms with Gasteiger partial charge < -0.3 is 15.0 Å². The molecule has 0 bridgehead atoms. The number of aromatic nitrogens is 2. The highest BCUT2D eigenvalue weighted by Gasteiger charge is 2.11. The van der Waals surface area contributed by atoms with E-state index in [-0.39, 0.29) is 17.7 Å². The van der Waals surface area contributed by atoms with Crippen molar-refractivity contribution in [2.45, 2.75) is 18.1 Å². The van der Waals surface area contributed by atoms with Crippen LogP contribution in [0, 0.1) is 11.6 Å². The Morgan fingerprint density at radius 3 is 2.90 bits per heavy atom. The van der Waals surface area contributed by atoms with Crippen LogP contribution in [0.15, 0.2) is 17.3 Å². The van der Waals surface area contributed by atoms with Gasteiger partial charge in [0.15, 0.2) is 16.8 Å². The highest BCUT2D eigenvalue weighted by molar-refractivity contribution is 7.99. The van der Waals surface area contributed by atoms with E-state index in [2.05, 4.69) is 15.3 Å². The maximum atomic E-state index is 13.1. The van der Waals surface area contributed by atoms with Gasteiger partial charge in [-0.3, -0.25) is 4.79 Å². The number of imidazole rings is 1. The van der Waals surface area contributed by atoms with Gasteiger partial charge >= 0.3 is 0 Å². The molecule has 0 fully saturated rings. The molecule has 5 nitrogen and oxygen atoms in total. The number of carbonyl (C=O) groups excluding carboxylic acids is 1. The summed E-state index contributed by atoms with van der Waals surface area (Å²) in [7, 11) is 1.56. The summed E-state index contributed by atoms with van der Waals surface area (Å²) in [6.45, 7) is 2.26. The molecule has 1 unspecified atom stereocenters. The van der Waals surface area contributed by atoms with E-state index in [0.29, 0.717) is 22.8 Å². The van der Waals surface area contributed by atoms with Gasteiger partial charge in [0.1, 0.15) is 0 Å². The number of H-pyrrole nitrogens is 1. The number of hydrogen-bond donors (Lipinski definition) is 2. The number of hydrogen-bond acceptors (Lipinski definition) is 4. The molecule has 0 aliphatic carbocycles. The number of amides is 1. The summed E-state index contributed by atoms with van der Waals surface area (Å²) in [5.74, 6) is -1.90. The summed E-state index contributed by atoms with van der Waals surface area (Å²) in [4.78, 5) is 18.6. The minimum absolute atomic E-state index is 0.0815. The van der Waals surface area contributed by atoms with E-state index in [0.717, 1.165) is 23.9 Å². The number of thioether (sulfide) groups is 1. The molecule has 21 heavy (non-hydrogen) atoms. The van der Waals surface area contributed by atoms with Crippen molar-refractivity contribution in [3.8, 4) is 0 Å². The molecule has 2 rings (SSSR count). The molecule has 1 aromatic carbocycles. The van der Waals surface area contributed by atoms with Crippen molar-refractivity contribution in [2.75, 3.05) is 19.5 Å². The van der Waals surface area contributed by atoms with Gasteiger partial charge in [-0.05, 0) is 6.92 Å².